The van der Waals surface area contributed by atoms with Gasteiger partial charge in [0.2, 0.25) is 76.8 Å². The molecule has 0 heterocycles. The Kier molecular flexibility index (Phi) is 35.6. The van der Waals surface area contributed by atoms with Gasteiger partial charge in [-0.2, -0.15) is 0 Å². The molecule has 0 saturated carbocycles. The average Bonchev–Trinajstić information content (AvgIpc) is 3.62. The number of carboxylic acids is 6. The first kappa shape index (κ1) is 77.9. The topological polar surface area (TPSA) is 690 Å². The fourth-order valence-electron chi connectivity index (χ4n) is 7.59. The van der Waals surface area contributed by atoms with Crippen LogP contribution >= 0.6 is 0 Å². The van der Waals surface area contributed by atoms with Crippen LogP contribution < -0.4 is 76.1 Å². The van der Waals surface area contributed by atoms with Gasteiger partial charge in [-0.15, -0.1) is 0 Å². The van der Waals surface area contributed by atoms with Crippen molar-refractivity contribution < 1.29 is 127 Å². The maximum Gasteiger partial charge on any atom is 0.305 e. The van der Waals surface area contributed by atoms with Crippen LogP contribution in [0.3, 0.4) is 0 Å². The zero-order valence-corrected chi connectivity index (χ0v) is 47.2. The maximum atomic E-state index is 14.0. The lowest BCUT2D eigenvalue weighted by atomic mass is 10.0. The highest BCUT2D eigenvalue weighted by Crippen LogP contribution is 2.11. The molecule has 0 rings (SSSR count). The quantitative estimate of drug-likeness (QED) is 0.0252. The molecule has 0 radical (unpaired) electrons. The van der Waals surface area contributed by atoms with E-state index in [1.165, 1.54) is 0 Å². The second-order valence-corrected chi connectivity index (χ2v) is 19.3. The molecule has 40 heteroatoms. The van der Waals surface area contributed by atoms with E-state index in [1.54, 1.807) is 0 Å². The van der Waals surface area contributed by atoms with Crippen molar-refractivity contribution in [3.05, 3.63) is 0 Å². The summed E-state index contributed by atoms with van der Waals surface area (Å²) >= 11 is 0. The summed E-state index contributed by atoms with van der Waals surface area (Å²) in [7, 11) is 0. The number of aliphatic hydroxyl groups excluding tert-OH is 1. The predicted molar refractivity (Wildman–Crippen MR) is 288 cm³/mol. The Balaban J connectivity index is 7.05. The number of nitrogens with one attached hydrogen (secondary N) is 10. The van der Waals surface area contributed by atoms with Crippen molar-refractivity contribution in [1.82, 2.24) is 53.2 Å². The highest BCUT2D eigenvalue weighted by Gasteiger charge is 2.37. The Morgan fingerprint density at radius 2 is 0.591 bits per heavy atom. The van der Waals surface area contributed by atoms with Gasteiger partial charge in [-0.25, -0.2) is 0 Å². The van der Waals surface area contributed by atoms with Gasteiger partial charge in [0.1, 0.15) is 60.4 Å². The molecule has 0 spiro atoms. The van der Waals surface area contributed by atoms with Crippen LogP contribution in [0, 0.1) is 0 Å². The van der Waals surface area contributed by atoms with Gasteiger partial charge in [0.05, 0.1) is 32.3 Å². The van der Waals surface area contributed by atoms with Crippen molar-refractivity contribution in [2.75, 3.05) is 13.2 Å². The summed E-state index contributed by atoms with van der Waals surface area (Å²) in [5, 5.41) is 86.9. The molecule has 0 aliphatic rings. The van der Waals surface area contributed by atoms with Gasteiger partial charge in [-0.1, -0.05) is 0 Å². The van der Waals surface area contributed by atoms with Crippen molar-refractivity contribution in [3.8, 4) is 0 Å². The number of rotatable bonds is 46. The summed E-state index contributed by atoms with van der Waals surface area (Å²) < 4.78 is 0. The van der Waals surface area contributed by atoms with Crippen LogP contribution in [0.2, 0.25) is 0 Å². The van der Waals surface area contributed by atoms with Crippen LogP contribution in [-0.2, 0) is 91.1 Å². The fourth-order valence-corrected chi connectivity index (χ4v) is 7.59. The minimum absolute atomic E-state index is 0.0249. The minimum Gasteiger partial charge on any atom is -0.481 e. The molecule has 0 aromatic rings. The van der Waals surface area contributed by atoms with E-state index >= 15 is 0 Å². The van der Waals surface area contributed by atoms with Crippen LogP contribution in [0.5, 0.6) is 0 Å². The Morgan fingerprint density at radius 3 is 0.898 bits per heavy atom. The smallest absolute Gasteiger partial charge is 0.305 e. The number of hydrogen-bond donors (Lipinski definition) is 21. The number of carbonyl (C=O) groups is 19. The Bertz CT molecular complexity index is 2590. The predicted octanol–water partition coefficient (Wildman–Crippen LogP) is -9.99. The second kappa shape index (κ2) is 40.2. The molecule has 0 aromatic carbocycles. The number of aliphatic carboxylic acids is 6. The van der Waals surface area contributed by atoms with E-state index < -0.39 is 270 Å². The van der Waals surface area contributed by atoms with Crippen molar-refractivity contribution >= 4 is 113 Å². The number of primary amides is 3. The number of unbranched alkanes of at least 4 members (excludes halogenated alkanes) is 1. The maximum absolute atomic E-state index is 14.0. The lowest BCUT2D eigenvalue weighted by molar-refractivity contribution is -0.143. The lowest BCUT2D eigenvalue weighted by Gasteiger charge is -2.27. The molecule has 0 aliphatic carbocycles. The minimum atomic E-state index is -2.30. The third-order valence-corrected chi connectivity index (χ3v) is 11.9. The monoisotopic (exact) mass is 1260 g/mol. The zero-order chi connectivity index (χ0) is 67.5. The number of nitrogens with two attached hydrogens (primary N) is 4. The number of amides is 13. The van der Waals surface area contributed by atoms with Crippen LogP contribution in [0.25, 0.3) is 0 Å². The molecular formula is C48H74N14O26. The molecule has 10 atom stereocenters. The third kappa shape index (κ3) is 32.8. The Labute approximate surface area is 497 Å². The average molecular weight is 1260 g/mol. The molecule has 40 nitrogen and oxygen atoms in total. The highest BCUT2D eigenvalue weighted by atomic mass is 16.4. The normalized spacial score (nSPS) is 14.1. The second-order valence-electron chi connectivity index (χ2n) is 19.3. The molecule has 0 unspecified atom stereocenters. The van der Waals surface area contributed by atoms with Gasteiger partial charge in [-0.05, 0) is 57.9 Å². The largest absolute Gasteiger partial charge is 0.481 e. The molecule has 0 fully saturated rings. The molecule has 492 valence electrons. The molecule has 0 aromatic heterocycles. The van der Waals surface area contributed by atoms with Gasteiger partial charge in [0.25, 0.3) is 0 Å². The van der Waals surface area contributed by atoms with Crippen molar-refractivity contribution in [1.29, 1.82) is 0 Å². The van der Waals surface area contributed by atoms with E-state index in [2.05, 4.69) is 26.6 Å². The number of aliphatic hydroxyl groups is 1. The van der Waals surface area contributed by atoms with Crippen molar-refractivity contribution in [3.63, 3.8) is 0 Å². The molecule has 88 heavy (non-hydrogen) atoms. The number of hydrogen-bond acceptors (Lipinski definition) is 21. The first-order chi connectivity index (χ1) is 41.0. The first-order valence-corrected chi connectivity index (χ1v) is 26.5. The van der Waals surface area contributed by atoms with E-state index in [-0.39, 0.29) is 19.4 Å². The van der Waals surface area contributed by atoms with E-state index in [0.717, 1.165) is 6.92 Å². The summed E-state index contributed by atoms with van der Waals surface area (Å²) in [5.41, 5.74) is 21.3. The molecule has 0 aliphatic heterocycles. The van der Waals surface area contributed by atoms with Gasteiger partial charge in [0.15, 0.2) is 0 Å². The number of carboxylic acid groups (broad SMARTS) is 6. The Morgan fingerprint density at radius 1 is 0.307 bits per heavy atom. The van der Waals surface area contributed by atoms with E-state index in [4.69, 9.17) is 28.0 Å². The van der Waals surface area contributed by atoms with Crippen LogP contribution in [0.1, 0.15) is 110 Å². The van der Waals surface area contributed by atoms with E-state index in [0.29, 0.717) is 0 Å². The lowest BCUT2D eigenvalue weighted by Crippen LogP contribution is -2.61. The van der Waals surface area contributed by atoms with Gasteiger partial charge < -0.3 is 112 Å². The standard InChI is InChI=1S/C48H74N14O26/c1-20(64)53-27(16-36(73)74)45(85)62-30(19-63)48(88)58-25(10-13-35(71)72)43(83)61-29(18-38(77)78)47(87)59-26(15-32(51)66)44(84)55-22(5-2-3-14-49)41(81)60-28(17-37(75)76)46(86)56-23(6-4-7-33(67)68)40(80)57-24(9-12-34(69)70)42(82)54-21(39(52)79)8-11-31(50)65/h21-30,63H,2-19,49H2,1H3,(H2,50,65)(H2,51,66)(H2,52,79)(H,53,64)(H,54,82)(H,55,84)(H,56,86)(H,57,80)(H,58,88)(H,59,87)(H,60,81)(H,61,83)(H,62,85)(H,67,68)(H,69,70)(H,71,72)(H,73,74)(H,75,76)(H,77,78)/t21-,22-,23-,24-,25-,26-,27-,28-,29-,30-/m1/s1. The van der Waals surface area contributed by atoms with Crippen molar-refractivity contribution in [2.45, 2.75) is 170 Å². The van der Waals surface area contributed by atoms with Crippen molar-refractivity contribution in [2.24, 2.45) is 22.9 Å². The molecule has 0 saturated heterocycles. The first-order valence-electron chi connectivity index (χ1n) is 26.5. The summed E-state index contributed by atoms with van der Waals surface area (Å²) in [5.74, 6) is -26.8. The SMILES string of the molecule is CC(=O)N[C@H](CC(=O)O)C(=O)N[C@H](CO)C(=O)N[C@H](CCC(=O)O)C(=O)N[C@H](CC(=O)O)C(=O)N[C@H](CC(N)=O)C(=O)N[C@H](CCCCN)C(=O)N[C@H](CC(=O)O)C(=O)N[C@H](CCCC(=O)O)C(=O)N[C@H](CCC(=O)O)C(=O)N[C@H](CCC(N)=O)C(N)=O. The van der Waals surface area contributed by atoms with Crippen LogP contribution in [0.4, 0.5) is 0 Å². The van der Waals surface area contributed by atoms with Crippen LogP contribution in [0.15, 0.2) is 0 Å². The highest BCUT2D eigenvalue weighted by molar-refractivity contribution is 6.01. The van der Waals surface area contributed by atoms with E-state index in [1.807, 2.05) is 26.6 Å². The third-order valence-electron chi connectivity index (χ3n) is 11.9. The Hall–Kier alpha value is -10.1. The van der Waals surface area contributed by atoms with Gasteiger partial charge in [-0.3, -0.25) is 91.1 Å². The fraction of sp³-hybridized carbons (Fsp3) is 0.604. The molecule has 0 bridgehead atoms. The summed E-state index contributed by atoms with van der Waals surface area (Å²) in [6, 6.07) is -19.8. The molecule has 13 amide bonds. The molecule has 25 N–H and O–H groups in total. The zero-order valence-electron chi connectivity index (χ0n) is 47.2. The summed E-state index contributed by atoms with van der Waals surface area (Å²) in [6.45, 7) is -0.367. The van der Waals surface area contributed by atoms with E-state index in [9.17, 15) is 122 Å². The summed E-state index contributed by atoms with van der Waals surface area (Å²) in [6.07, 6.45) is -11.0. The molecular weight excluding hydrogens is 1190 g/mol. The number of carbonyl (C=O) groups excluding carboxylic acids is 13. The summed E-state index contributed by atoms with van der Waals surface area (Å²) in [4.78, 5) is 240. The van der Waals surface area contributed by atoms with Gasteiger partial charge >= 0.3 is 35.8 Å². The van der Waals surface area contributed by atoms with Gasteiger partial charge in [0, 0.05) is 32.6 Å². The van der Waals surface area contributed by atoms with Crippen LogP contribution in [-0.4, -0.2) is 222 Å².